The number of halogens is 1. The number of hydrogen-bond donors (Lipinski definition) is 2. The van der Waals surface area contributed by atoms with Gasteiger partial charge in [0.15, 0.2) is 11.8 Å². The summed E-state index contributed by atoms with van der Waals surface area (Å²) in [5, 5.41) is 13.5. The van der Waals surface area contributed by atoms with Gasteiger partial charge >= 0.3 is 5.97 Å². The first-order valence-corrected chi connectivity index (χ1v) is 11.7. The van der Waals surface area contributed by atoms with Gasteiger partial charge in [0.05, 0.1) is 18.2 Å². The van der Waals surface area contributed by atoms with Gasteiger partial charge in [-0.3, -0.25) is 14.9 Å². The molecule has 0 atom stereocenters. The molecule has 11 heteroatoms. The molecule has 0 aliphatic carbocycles. The van der Waals surface area contributed by atoms with Crippen LogP contribution in [0.1, 0.15) is 11.1 Å². The van der Waals surface area contributed by atoms with E-state index in [-0.39, 0.29) is 22.6 Å². The second kappa shape index (κ2) is 12.7. The molecule has 9 nitrogen and oxygen atoms in total. The quantitative estimate of drug-likeness (QED) is 0.217. The predicted molar refractivity (Wildman–Crippen MR) is 134 cm³/mol. The Morgan fingerprint density at radius 3 is 2.76 bits per heavy atom. The monoisotopic (exact) mass is 544 g/mol. The van der Waals surface area contributed by atoms with Gasteiger partial charge in [-0.2, -0.15) is 5.10 Å². The van der Waals surface area contributed by atoms with Crippen molar-refractivity contribution < 1.29 is 23.9 Å². The number of ether oxygens (including phenoxy) is 2. The highest BCUT2D eigenvalue weighted by atomic mass is 79.9. The average molecular weight is 545 g/mol. The number of thioether (sulfide) groups is 1. The maximum atomic E-state index is 12.2. The van der Waals surface area contributed by atoms with Crippen LogP contribution in [0.4, 0.5) is 0 Å². The summed E-state index contributed by atoms with van der Waals surface area (Å²) in [6.45, 7) is 0.355. The van der Waals surface area contributed by atoms with E-state index < -0.39 is 11.9 Å². The highest BCUT2D eigenvalue weighted by molar-refractivity contribution is 9.10. The molecule has 0 saturated carbocycles. The first-order valence-electron chi connectivity index (χ1n) is 10.1. The van der Waals surface area contributed by atoms with E-state index in [1.807, 2.05) is 30.3 Å². The van der Waals surface area contributed by atoms with E-state index in [2.05, 4.69) is 41.5 Å². The Morgan fingerprint density at radius 1 is 1.21 bits per heavy atom. The maximum Gasteiger partial charge on any atom is 0.331 e. The first kappa shape index (κ1) is 25.2. The Hall–Kier alpha value is -3.44. The van der Waals surface area contributed by atoms with Gasteiger partial charge in [0.1, 0.15) is 5.75 Å². The number of nitrogens with one attached hydrogen (secondary N) is 2. The summed E-state index contributed by atoms with van der Waals surface area (Å²) in [5.41, 5.74) is 1.72. The van der Waals surface area contributed by atoms with Crippen LogP contribution in [-0.2, 0) is 25.5 Å². The molecule has 0 aromatic heterocycles. The van der Waals surface area contributed by atoms with Crippen LogP contribution in [0.3, 0.4) is 0 Å². The topological polar surface area (TPSA) is 118 Å². The molecule has 2 N–H and O–H groups in total. The number of benzene rings is 2. The summed E-state index contributed by atoms with van der Waals surface area (Å²) in [7, 11) is 1.22. The minimum Gasteiger partial charge on any atom is -0.483 e. The van der Waals surface area contributed by atoms with Crippen molar-refractivity contribution in [2.24, 2.45) is 10.2 Å². The lowest BCUT2D eigenvalue weighted by atomic mass is 10.1. The van der Waals surface area contributed by atoms with Crippen LogP contribution >= 0.6 is 27.7 Å². The van der Waals surface area contributed by atoms with Gasteiger partial charge in [0.2, 0.25) is 0 Å². The lowest BCUT2D eigenvalue weighted by Gasteiger charge is -2.10. The van der Waals surface area contributed by atoms with Crippen LogP contribution in [0.25, 0.3) is 0 Å². The third-order valence-corrected chi connectivity index (χ3v) is 5.75. The number of rotatable bonds is 9. The zero-order valence-electron chi connectivity index (χ0n) is 18.1. The van der Waals surface area contributed by atoms with Crippen molar-refractivity contribution in [1.29, 1.82) is 0 Å². The number of amides is 2. The van der Waals surface area contributed by atoms with Crippen molar-refractivity contribution in [3.63, 3.8) is 0 Å². The van der Waals surface area contributed by atoms with Crippen molar-refractivity contribution >= 4 is 56.9 Å². The van der Waals surface area contributed by atoms with E-state index in [4.69, 9.17) is 4.74 Å². The molecule has 0 unspecified atom stereocenters. The molecular formula is C23H21BrN4O5S. The summed E-state index contributed by atoms with van der Waals surface area (Å²) in [5.74, 6) is -0.895. The average Bonchev–Trinajstić information content (AvgIpc) is 3.17. The highest BCUT2D eigenvalue weighted by Gasteiger charge is 2.25. The molecule has 1 aliphatic rings. The Balaban J connectivity index is 1.56. The number of carbonyl (C=O) groups is 3. The molecule has 176 valence electrons. The number of carbonyl (C=O) groups excluding carboxylic acids is 3. The molecule has 2 aromatic carbocycles. The molecule has 0 radical (unpaired) electrons. The molecule has 1 aliphatic heterocycles. The molecular weight excluding hydrogens is 524 g/mol. The van der Waals surface area contributed by atoms with Crippen LogP contribution in [0.15, 0.2) is 74.2 Å². The van der Waals surface area contributed by atoms with E-state index in [1.165, 1.54) is 13.3 Å². The number of amidine groups is 1. The fourth-order valence-corrected chi connectivity index (χ4v) is 3.84. The number of esters is 1. The zero-order valence-corrected chi connectivity index (χ0v) is 20.5. The molecule has 1 heterocycles. The van der Waals surface area contributed by atoms with Gasteiger partial charge in [0.25, 0.3) is 11.8 Å². The summed E-state index contributed by atoms with van der Waals surface area (Å²) < 4.78 is 11.0. The Labute approximate surface area is 208 Å². The van der Waals surface area contributed by atoms with Crippen molar-refractivity contribution in [1.82, 2.24) is 10.6 Å². The van der Waals surface area contributed by atoms with Gasteiger partial charge in [-0.25, -0.2) is 4.79 Å². The number of hydrogen-bond acceptors (Lipinski definition) is 8. The minimum atomic E-state index is -0.637. The summed E-state index contributed by atoms with van der Waals surface area (Å²) >= 11 is 4.36. The van der Waals surface area contributed by atoms with Crippen LogP contribution in [0.5, 0.6) is 5.75 Å². The van der Waals surface area contributed by atoms with Gasteiger partial charge in [0, 0.05) is 22.7 Å². The Morgan fingerprint density at radius 2 is 2.00 bits per heavy atom. The van der Waals surface area contributed by atoms with Gasteiger partial charge in [-0.1, -0.05) is 46.3 Å². The van der Waals surface area contributed by atoms with Crippen molar-refractivity contribution in [3.05, 3.63) is 75.1 Å². The lowest BCUT2D eigenvalue weighted by Crippen LogP contribution is -2.30. The fraction of sp³-hybridized carbons (Fsp3) is 0.174. The molecule has 0 bridgehead atoms. The Bertz CT molecular complexity index is 1150. The summed E-state index contributed by atoms with van der Waals surface area (Å²) in [4.78, 5) is 35.5. The number of nitrogens with zero attached hydrogens (tertiary/aromatic N) is 2. The largest absolute Gasteiger partial charge is 0.483 e. The highest BCUT2D eigenvalue weighted by Crippen LogP contribution is 2.24. The van der Waals surface area contributed by atoms with Crippen LogP contribution < -0.4 is 15.4 Å². The fourth-order valence-electron chi connectivity index (χ4n) is 2.72. The van der Waals surface area contributed by atoms with Crippen molar-refractivity contribution in [2.45, 2.75) is 6.42 Å². The van der Waals surface area contributed by atoms with Crippen LogP contribution in [0, 0.1) is 0 Å². The summed E-state index contributed by atoms with van der Waals surface area (Å²) in [6, 6.07) is 15.1. The molecule has 2 aromatic rings. The van der Waals surface area contributed by atoms with Crippen molar-refractivity contribution in [3.8, 4) is 5.75 Å². The van der Waals surface area contributed by atoms with Crippen LogP contribution in [0.2, 0.25) is 0 Å². The minimum absolute atomic E-state index is 0.153. The molecule has 1 saturated heterocycles. The van der Waals surface area contributed by atoms with Gasteiger partial charge in [-0.05, 0) is 41.9 Å². The number of methoxy groups -OCH3 is 1. The zero-order chi connectivity index (χ0) is 24.3. The van der Waals surface area contributed by atoms with E-state index >= 15 is 0 Å². The molecule has 34 heavy (non-hydrogen) atoms. The standard InChI is InChI=1S/C23H21BrN4O5S/c1-32-21(30)12-19-22(31)27-23(34-19)28-26-13-16-11-17(24)7-8-18(16)33-14-20(29)25-10-9-15-5-3-2-4-6-15/h2-8,11-13H,9-10,14H2,1H3,(H,25,29)(H,27,28,31)/b19-12+,26-13?. The molecule has 3 rings (SSSR count). The smallest absolute Gasteiger partial charge is 0.331 e. The SMILES string of the molecule is COC(=O)/C=C1/S/C(=N\N=Cc2cc(Br)ccc2OCC(=O)NCCc2ccccc2)NC1=O. The van der Waals surface area contributed by atoms with E-state index in [9.17, 15) is 14.4 Å². The third-order valence-electron chi connectivity index (χ3n) is 4.36. The predicted octanol–water partition coefficient (Wildman–Crippen LogP) is 2.80. The van der Waals surface area contributed by atoms with E-state index in [0.717, 1.165) is 34.3 Å². The second-order valence-corrected chi connectivity index (χ2v) is 8.74. The third kappa shape index (κ3) is 7.85. The first-order chi connectivity index (χ1) is 16.4. The van der Waals surface area contributed by atoms with Gasteiger partial charge < -0.3 is 14.8 Å². The van der Waals surface area contributed by atoms with E-state index in [0.29, 0.717) is 17.9 Å². The Kier molecular flexibility index (Phi) is 9.41. The normalized spacial score (nSPS) is 15.5. The van der Waals surface area contributed by atoms with E-state index in [1.54, 1.807) is 18.2 Å². The molecule has 2 amide bonds. The molecule has 1 fully saturated rings. The summed E-state index contributed by atoms with van der Waals surface area (Å²) in [6.07, 6.45) is 3.25. The van der Waals surface area contributed by atoms with Gasteiger partial charge in [-0.15, -0.1) is 5.10 Å². The maximum absolute atomic E-state index is 12.2. The van der Waals surface area contributed by atoms with Crippen molar-refractivity contribution in [2.75, 3.05) is 20.3 Å². The second-order valence-electron chi connectivity index (χ2n) is 6.79. The molecule has 0 spiro atoms. The lowest BCUT2D eigenvalue weighted by molar-refractivity contribution is -0.135. The van der Waals surface area contributed by atoms with Crippen LogP contribution in [-0.4, -0.2) is 49.4 Å².